The van der Waals surface area contributed by atoms with Crippen molar-refractivity contribution in [3.63, 3.8) is 0 Å². The molecule has 1 amide bonds. The van der Waals surface area contributed by atoms with Gasteiger partial charge in [-0.1, -0.05) is 47.0 Å². The quantitative estimate of drug-likeness (QED) is 0.761. The first kappa shape index (κ1) is 15.5. The molecule has 0 aromatic heterocycles. The molecule has 1 fully saturated rings. The predicted molar refractivity (Wildman–Crippen MR) is 77.4 cm³/mol. The first-order valence-corrected chi connectivity index (χ1v) is 7.77. The van der Waals surface area contributed by atoms with Crippen molar-refractivity contribution in [2.45, 2.75) is 66.2 Å². The van der Waals surface area contributed by atoms with Crippen molar-refractivity contribution >= 4 is 5.91 Å². The van der Waals surface area contributed by atoms with E-state index in [1.54, 1.807) is 0 Å². The molecule has 1 aliphatic carbocycles. The van der Waals surface area contributed by atoms with Crippen LogP contribution in [-0.2, 0) is 4.79 Å². The van der Waals surface area contributed by atoms with E-state index in [2.05, 4.69) is 33.0 Å². The third kappa shape index (κ3) is 5.41. The summed E-state index contributed by atoms with van der Waals surface area (Å²) < 4.78 is 0. The fraction of sp³-hybridized carbons (Fsp3) is 0.938. The number of rotatable bonds is 6. The lowest BCUT2D eigenvalue weighted by atomic mass is 9.85. The minimum Gasteiger partial charge on any atom is -0.356 e. The van der Waals surface area contributed by atoms with E-state index in [-0.39, 0.29) is 5.91 Å². The maximum atomic E-state index is 11.9. The van der Waals surface area contributed by atoms with E-state index in [4.69, 9.17) is 0 Å². The molecule has 0 aliphatic heterocycles. The van der Waals surface area contributed by atoms with Gasteiger partial charge < -0.3 is 5.32 Å². The largest absolute Gasteiger partial charge is 0.356 e. The molecule has 0 unspecified atom stereocenters. The average Bonchev–Trinajstić information content (AvgIpc) is 2.29. The van der Waals surface area contributed by atoms with Gasteiger partial charge in [-0.15, -0.1) is 0 Å². The fourth-order valence-electron chi connectivity index (χ4n) is 3.20. The lowest BCUT2D eigenvalue weighted by Gasteiger charge is -2.26. The molecule has 2 nitrogen and oxygen atoms in total. The van der Waals surface area contributed by atoms with Crippen LogP contribution in [0, 0.1) is 23.7 Å². The molecule has 2 heteroatoms. The zero-order valence-electron chi connectivity index (χ0n) is 12.7. The average molecular weight is 253 g/mol. The third-order valence-electron chi connectivity index (χ3n) is 4.45. The van der Waals surface area contributed by atoms with Gasteiger partial charge >= 0.3 is 0 Å². The zero-order valence-corrected chi connectivity index (χ0v) is 12.7. The first-order chi connectivity index (χ1) is 8.50. The summed E-state index contributed by atoms with van der Waals surface area (Å²) in [5, 5.41) is 3.15. The van der Waals surface area contributed by atoms with Crippen LogP contribution in [0.2, 0.25) is 0 Å². The van der Waals surface area contributed by atoms with Gasteiger partial charge in [0.25, 0.3) is 0 Å². The Morgan fingerprint density at radius 3 is 2.11 bits per heavy atom. The van der Waals surface area contributed by atoms with Crippen LogP contribution >= 0.6 is 0 Å². The van der Waals surface area contributed by atoms with Crippen LogP contribution < -0.4 is 5.32 Å². The number of carbonyl (C=O) groups is 1. The number of nitrogens with one attached hydrogen (secondary N) is 1. The highest BCUT2D eigenvalue weighted by atomic mass is 16.1. The number of hydrogen-bond donors (Lipinski definition) is 1. The molecule has 1 saturated carbocycles. The van der Waals surface area contributed by atoms with E-state index < -0.39 is 0 Å². The standard InChI is InChI=1S/C16H31NO/c1-12(2)15(13(3)4)11-17-16(18)10-14-8-6-5-7-9-14/h12-15H,5-11H2,1-4H3,(H,17,18). The lowest BCUT2D eigenvalue weighted by molar-refractivity contribution is -0.122. The second kappa shape index (κ2) is 7.81. The molecule has 18 heavy (non-hydrogen) atoms. The van der Waals surface area contributed by atoms with Gasteiger partial charge in [0.1, 0.15) is 0 Å². The maximum absolute atomic E-state index is 11.9. The summed E-state index contributed by atoms with van der Waals surface area (Å²) in [6.07, 6.45) is 7.26. The summed E-state index contributed by atoms with van der Waals surface area (Å²) >= 11 is 0. The molecule has 106 valence electrons. The zero-order chi connectivity index (χ0) is 13.5. The number of amides is 1. The monoisotopic (exact) mass is 253 g/mol. The smallest absolute Gasteiger partial charge is 0.220 e. The van der Waals surface area contributed by atoms with Gasteiger partial charge in [-0.2, -0.15) is 0 Å². The molecular weight excluding hydrogens is 222 g/mol. The molecule has 1 aliphatic rings. The van der Waals surface area contributed by atoms with Crippen molar-refractivity contribution in [3.05, 3.63) is 0 Å². The Kier molecular flexibility index (Phi) is 6.73. The molecule has 0 spiro atoms. The fourth-order valence-corrected chi connectivity index (χ4v) is 3.20. The van der Waals surface area contributed by atoms with Crippen molar-refractivity contribution < 1.29 is 4.79 Å². The van der Waals surface area contributed by atoms with Gasteiger partial charge in [0.05, 0.1) is 0 Å². The molecule has 0 radical (unpaired) electrons. The molecule has 0 bridgehead atoms. The van der Waals surface area contributed by atoms with Crippen LogP contribution in [0.25, 0.3) is 0 Å². The minimum absolute atomic E-state index is 0.271. The van der Waals surface area contributed by atoms with Gasteiger partial charge in [0, 0.05) is 13.0 Å². The Morgan fingerprint density at radius 1 is 1.06 bits per heavy atom. The highest BCUT2D eigenvalue weighted by Gasteiger charge is 2.20. The lowest BCUT2D eigenvalue weighted by Crippen LogP contribution is -2.34. The summed E-state index contributed by atoms with van der Waals surface area (Å²) in [5.41, 5.74) is 0. The Bertz CT molecular complexity index is 233. The SMILES string of the molecule is CC(C)C(CNC(=O)CC1CCCCC1)C(C)C. The second-order valence-corrected chi connectivity index (χ2v) is 6.66. The van der Waals surface area contributed by atoms with Crippen LogP contribution in [0.1, 0.15) is 66.2 Å². The van der Waals surface area contributed by atoms with Crippen LogP contribution in [0.15, 0.2) is 0 Å². The predicted octanol–water partition coefficient (Wildman–Crippen LogP) is 4.00. The molecule has 1 N–H and O–H groups in total. The molecule has 0 heterocycles. The summed E-state index contributed by atoms with van der Waals surface area (Å²) in [6, 6.07) is 0. The van der Waals surface area contributed by atoms with Crippen LogP contribution in [0.4, 0.5) is 0 Å². The van der Waals surface area contributed by atoms with E-state index in [0.717, 1.165) is 13.0 Å². The highest BCUT2D eigenvalue weighted by Crippen LogP contribution is 2.26. The van der Waals surface area contributed by atoms with Gasteiger partial charge in [-0.05, 0) is 36.5 Å². The van der Waals surface area contributed by atoms with Crippen LogP contribution in [-0.4, -0.2) is 12.5 Å². The van der Waals surface area contributed by atoms with Gasteiger partial charge in [-0.3, -0.25) is 4.79 Å². The van der Waals surface area contributed by atoms with Crippen LogP contribution in [0.3, 0.4) is 0 Å². The van der Waals surface area contributed by atoms with E-state index in [9.17, 15) is 4.79 Å². The highest BCUT2D eigenvalue weighted by molar-refractivity contribution is 5.76. The molecule has 0 aromatic carbocycles. The normalized spacial score (nSPS) is 17.7. The van der Waals surface area contributed by atoms with Crippen molar-refractivity contribution in [1.29, 1.82) is 0 Å². The topological polar surface area (TPSA) is 29.1 Å². The van der Waals surface area contributed by atoms with E-state index in [1.807, 2.05) is 0 Å². The van der Waals surface area contributed by atoms with Crippen molar-refractivity contribution in [2.75, 3.05) is 6.54 Å². The second-order valence-electron chi connectivity index (χ2n) is 6.66. The molecule has 0 saturated heterocycles. The summed E-state index contributed by atoms with van der Waals surface area (Å²) in [4.78, 5) is 11.9. The summed E-state index contributed by atoms with van der Waals surface area (Å²) in [5.74, 6) is 2.80. The van der Waals surface area contributed by atoms with Crippen molar-refractivity contribution in [1.82, 2.24) is 5.32 Å². The molecule has 1 rings (SSSR count). The van der Waals surface area contributed by atoms with Gasteiger partial charge in [0.2, 0.25) is 5.91 Å². The first-order valence-electron chi connectivity index (χ1n) is 7.77. The minimum atomic E-state index is 0.271. The van der Waals surface area contributed by atoms with Gasteiger partial charge in [-0.25, -0.2) is 0 Å². The van der Waals surface area contributed by atoms with Gasteiger partial charge in [0.15, 0.2) is 0 Å². The van der Waals surface area contributed by atoms with E-state index >= 15 is 0 Å². The number of carbonyl (C=O) groups excluding carboxylic acids is 1. The van der Waals surface area contributed by atoms with E-state index in [1.165, 1.54) is 32.1 Å². The van der Waals surface area contributed by atoms with Crippen LogP contribution in [0.5, 0.6) is 0 Å². The maximum Gasteiger partial charge on any atom is 0.220 e. The summed E-state index contributed by atoms with van der Waals surface area (Å²) in [6.45, 7) is 9.84. The Morgan fingerprint density at radius 2 is 1.61 bits per heavy atom. The van der Waals surface area contributed by atoms with E-state index in [0.29, 0.717) is 23.7 Å². The Labute approximate surface area is 113 Å². The molecular formula is C16H31NO. The Hall–Kier alpha value is -0.530. The molecule has 0 atom stereocenters. The summed E-state index contributed by atoms with van der Waals surface area (Å²) in [7, 11) is 0. The Balaban J connectivity index is 2.26. The number of hydrogen-bond acceptors (Lipinski definition) is 1. The third-order valence-corrected chi connectivity index (χ3v) is 4.45. The van der Waals surface area contributed by atoms with Crippen molar-refractivity contribution in [3.8, 4) is 0 Å². The molecule has 0 aromatic rings. The van der Waals surface area contributed by atoms with Crippen molar-refractivity contribution in [2.24, 2.45) is 23.7 Å².